The first kappa shape index (κ1) is 15.4. The Balaban J connectivity index is 2.02. The Morgan fingerprint density at radius 2 is 1.83 bits per heavy atom. The number of benzene rings is 2. The minimum Gasteiger partial charge on any atom is -0.493 e. The van der Waals surface area contributed by atoms with Crippen LogP contribution in [0.1, 0.15) is 22.7 Å². The molecule has 0 radical (unpaired) electrons. The second-order valence-electron chi connectivity index (χ2n) is 5.70. The molecule has 1 aliphatic rings. The van der Waals surface area contributed by atoms with Crippen LogP contribution >= 0.6 is 0 Å². The molecule has 3 rings (SSSR count). The van der Waals surface area contributed by atoms with Gasteiger partial charge in [-0.3, -0.25) is 4.79 Å². The first-order valence-corrected chi connectivity index (χ1v) is 7.76. The van der Waals surface area contributed by atoms with Gasteiger partial charge in [0.2, 0.25) is 6.41 Å². The zero-order valence-electron chi connectivity index (χ0n) is 13.5. The smallest absolute Gasteiger partial charge is 0.210 e. The molecule has 1 heterocycles. The fourth-order valence-electron chi connectivity index (χ4n) is 3.24. The summed E-state index contributed by atoms with van der Waals surface area (Å²) in [6, 6.07) is 14.3. The summed E-state index contributed by atoms with van der Waals surface area (Å²) < 4.78 is 10.8. The van der Waals surface area contributed by atoms with E-state index in [0.717, 1.165) is 37.1 Å². The summed E-state index contributed by atoms with van der Waals surface area (Å²) in [6.07, 6.45) is 2.58. The molecular weight excluding hydrogens is 290 g/mol. The van der Waals surface area contributed by atoms with Crippen molar-refractivity contribution in [1.29, 1.82) is 0 Å². The normalized spacial score (nSPS) is 16.6. The lowest BCUT2D eigenvalue weighted by Gasteiger charge is -2.35. The number of amides is 1. The van der Waals surface area contributed by atoms with Gasteiger partial charge in [0.15, 0.2) is 11.5 Å². The van der Waals surface area contributed by atoms with E-state index in [-0.39, 0.29) is 6.04 Å². The first-order chi connectivity index (χ1) is 11.3. The highest BCUT2D eigenvalue weighted by Crippen LogP contribution is 2.38. The number of methoxy groups -OCH3 is 2. The molecule has 4 nitrogen and oxygen atoms in total. The zero-order valence-corrected chi connectivity index (χ0v) is 13.5. The van der Waals surface area contributed by atoms with E-state index in [4.69, 9.17) is 9.47 Å². The molecular formula is C19H21NO3. The minimum absolute atomic E-state index is 0.0263. The fraction of sp³-hybridized carbons (Fsp3) is 0.316. The van der Waals surface area contributed by atoms with Crippen molar-refractivity contribution in [2.24, 2.45) is 0 Å². The van der Waals surface area contributed by atoms with Crippen LogP contribution in [0.15, 0.2) is 42.5 Å². The Morgan fingerprint density at radius 1 is 1.13 bits per heavy atom. The largest absolute Gasteiger partial charge is 0.493 e. The second-order valence-corrected chi connectivity index (χ2v) is 5.70. The van der Waals surface area contributed by atoms with Crippen LogP contribution in [0.3, 0.4) is 0 Å². The van der Waals surface area contributed by atoms with E-state index < -0.39 is 0 Å². The zero-order chi connectivity index (χ0) is 16.2. The maximum absolute atomic E-state index is 11.5. The first-order valence-electron chi connectivity index (χ1n) is 7.76. The van der Waals surface area contributed by atoms with Crippen LogP contribution in [0.2, 0.25) is 0 Å². The van der Waals surface area contributed by atoms with Crippen LogP contribution in [0.5, 0.6) is 11.5 Å². The van der Waals surface area contributed by atoms with E-state index in [2.05, 4.69) is 12.1 Å². The van der Waals surface area contributed by atoms with Gasteiger partial charge in [-0.2, -0.15) is 0 Å². The number of carbonyl (C=O) groups excluding carboxylic acids is 1. The predicted molar refractivity (Wildman–Crippen MR) is 88.9 cm³/mol. The highest BCUT2D eigenvalue weighted by Gasteiger charge is 2.28. The SMILES string of the molecule is COc1cc2c(cc1OC)[C@H](Cc1ccccc1)N(C=O)CC2. The summed E-state index contributed by atoms with van der Waals surface area (Å²) in [5.74, 6) is 1.45. The third kappa shape index (κ3) is 3.02. The van der Waals surface area contributed by atoms with Gasteiger partial charge in [0.25, 0.3) is 0 Å². The summed E-state index contributed by atoms with van der Waals surface area (Å²) in [4.78, 5) is 13.4. The Bertz CT molecular complexity index is 685. The molecule has 1 amide bonds. The number of rotatable bonds is 5. The number of carbonyl (C=O) groups is 1. The standard InChI is InChI=1S/C19H21NO3/c1-22-18-11-15-8-9-20(13-21)17(16(15)12-19(18)23-2)10-14-6-4-3-5-7-14/h3-7,11-13,17H,8-10H2,1-2H3/t17-/m0/s1. The van der Waals surface area contributed by atoms with Crippen molar-refractivity contribution >= 4 is 6.41 Å². The molecule has 1 aliphatic heterocycles. The van der Waals surface area contributed by atoms with Gasteiger partial charge in [-0.25, -0.2) is 0 Å². The van der Waals surface area contributed by atoms with Gasteiger partial charge in [0, 0.05) is 6.54 Å². The van der Waals surface area contributed by atoms with Crippen molar-refractivity contribution in [1.82, 2.24) is 4.90 Å². The molecule has 0 saturated heterocycles. The maximum Gasteiger partial charge on any atom is 0.210 e. The highest BCUT2D eigenvalue weighted by molar-refractivity contribution is 5.55. The van der Waals surface area contributed by atoms with Crippen LogP contribution in [-0.2, 0) is 17.6 Å². The molecule has 0 bridgehead atoms. The quantitative estimate of drug-likeness (QED) is 0.797. The van der Waals surface area contributed by atoms with E-state index in [0.29, 0.717) is 5.75 Å². The summed E-state index contributed by atoms with van der Waals surface area (Å²) >= 11 is 0. The third-order valence-corrected chi connectivity index (χ3v) is 4.45. The van der Waals surface area contributed by atoms with Crippen LogP contribution in [-0.4, -0.2) is 32.1 Å². The van der Waals surface area contributed by atoms with Gasteiger partial charge in [0.05, 0.1) is 20.3 Å². The number of hydrogen-bond acceptors (Lipinski definition) is 3. The van der Waals surface area contributed by atoms with Crippen molar-refractivity contribution in [3.63, 3.8) is 0 Å². The Hall–Kier alpha value is -2.49. The summed E-state index contributed by atoms with van der Waals surface area (Å²) in [5, 5.41) is 0. The molecule has 0 saturated carbocycles. The van der Waals surface area contributed by atoms with Crippen LogP contribution < -0.4 is 9.47 Å². The van der Waals surface area contributed by atoms with Gasteiger partial charge in [0.1, 0.15) is 0 Å². The van der Waals surface area contributed by atoms with Gasteiger partial charge < -0.3 is 14.4 Å². The predicted octanol–water partition coefficient (Wildman–Crippen LogP) is 3.00. The summed E-state index contributed by atoms with van der Waals surface area (Å²) in [7, 11) is 3.28. The Labute approximate surface area is 136 Å². The molecule has 0 fully saturated rings. The minimum atomic E-state index is 0.0263. The molecule has 0 aromatic heterocycles. The molecule has 120 valence electrons. The van der Waals surface area contributed by atoms with E-state index >= 15 is 0 Å². The molecule has 2 aromatic carbocycles. The lowest BCUT2D eigenvalue weighted by Crippen LogP contribution is -2.35. The molecule has 23 heavy (non-hydrogen) atoms. The van der Waals surface area contributed by atoms with Crippen LogP contribution in [0, 0.1) is 0 Å². The van der Waals surface area contributed by atoms with E-state index in [1.54, 1.807) is 14.2 Å². The number of hydrogen-bond donors (Lipinski definition) is 0. The molecule has 4 heteroatoms. The van der Waals surface area contributed by atoms with Crippen molar-refractivity contribution in [2.75, 3.05) is 20.8 Å². The average Bonchev–Trinajstić information content (AvgIpc) is 2.61. The maximum atomic E-state index is 11.5. The molecule has 0 unspecified atom stereocenters. The molecule has 2 aromatic rings. The molecule has 1 atom stereocenters. The summed E-state index contributed by atoms with van der Waals surface area (Å²) in [5.41, 5.74) is 3.58. The van der Waals surface area contributed by atoms with E-state index in [1.807, 2.05) is 35.2 Å². The van der Waals surface area contributed by atoms with Gasteiger partial charge >= 0.3 is 0 Å². The second kappa shape index (κ2) is 6.73. The van der Waals surface area contributed by atoms with Crippen molar-refractivity contribution in [2.45, 2.75) is 18.9 Å². The van der Waals surface area contributed by atoms with Crippen LogP contribution in [0.25, 0.3) is 0 Å². The third-order valence-electron chi connectivity index (χ3n) is 4.45. The topological polar surface area (TPSA) is 38.8 Å². The monoisotopic (exact) mass is 311 g/mol. The summed E-state index contributed by atoms with van der Waals surface area (Å²) in [6.45, 7) is 0.726. The van der Waals surface area contributed by atoms with Crippen molar-refractivity contribution < 1.29 is 14.3 Å². The lowest BCUT2D eigenvalue weighted by atomic mass is 9.88. The van der Waals surface area contributed by atoms with Crippen LogP contribution in [0.4, 0.5) is 0 Å². The van der Waals surface area contributed by atoms with E-state index in [9.17, 15) is 4.79 Å². The number of fused-ring (bicyclic) bond motifs is 1. The van der Waals surface area contributed by atoms with Crippen molar-refractivity contribution in [3.8, 4) is 11.5 Å². The van der Waals surface area contributed by atoms with Gasteiger partial charge in [-0.15, -0.1) is 0 Å². The Kier molecular flexibility index (Phi) is 4.51. The molecule has 0 spiro atoms. The molecule has 0 aliphatic carbocycles. The number of nitrogens with zero attached hydrogens (tertiary/aromatic N) is 1. The highest BCUT2D eigenvalue weighted by atomic mass is 16.5. The average molecular weight is 311 g/mol. The van der Waals surface area contributed by atoms with Gasteiger partial charge in [-0.1, -0.05) is 30.3 Å². The van der Waals surface area contributed by atoms with Crippen molar-refractivity contribution in [3.05, 3.63) is 59.2 Å². The van der Waals surface area contributed by atoms with Gasteiger partial charge in [-0.05, 0) is 41.7 Å². The lowest BCUT2D eigenvalue weighted by molar-refractivity contribution is -0.120. The Morgan fingerprint density at radius 3 is 2.48 bits per heavy atom. The molecule has 0 N–H and O–H groups in total. The fourth-order valence-corrected chi connectivity index (χ4v) is 3.24. The number of ether oxygens (including phenoxy) is 2. The van der Waals surface area contributed by atoms with E-state index in [1.165, 1.54) is 11.1 Å².